The molecule has 36 heavy (non-hydrogen) atoms. The van der Waals surface area contributed by atoms with Crippen LogP contribution in [-0.4, -0.2) is 20.3 Å². The van der Waals surface area contributed by atoms with Crippen molar-refractivity contribution in [2.24, 2.45) is 0 Å². The molecule has 0 heterocycles. The largest absolute Gasteiger partial charge is 0.497 e. The molecule has 5 rings (SSSR count). The SMILES string of the molecule is COc1ccc(C(OC(=O)NCc2ccccc2[O])C2c3ccccc3-c3ccccc32)c(OC)c1. The summed E-state index contributed by atoms with van der Waals surface area (Å²) in [4.78, 5) is 13.1. The number of carbonyl (C=O) groups excluding carboxylic acids is 1. The van der Waals surface area contributed by atoms with Crippen molar-refractivity contribution < 1.29 is 24.1 Å². The zero-order valence-corrected chi connectivity index (χ0v) is 20.1. The first kappa shape index (κ1) is 23.3. The number of ether oxygens (including phenoxy) is 3. The van der Waals surface area contributed by atoms with E-state index in [4.69, 9.17) is 14.2 Å². The highest BCUT2D eigenvalue weighted by molar-refractivity contribution is 5.80. The quantitative estimate of drug-likeness (QED) is 0.322. The van der Waals surface area contributed by atoms with Crippen LogP contribution in [0.3, 0.4) is 0 Å². The summed E-state index contributed by atoms with van der Waals surface area (Å²) < 4.78 is 17.2. The lowest BCUT2D eigenvalue weighted by atomic mass is 9.86. The minimum atomic E-state index is -0.696. The van der Waals surface area contributed by atoms with Gasteiger partial charge in [-0.2, -0.15) is 0 Å². The van der Waals surface area contributed by atoms with Gasteiger partial charge in [0.05, 0.1) is 20.1 Å². The van der Waals surface area contributed by atoms with Gasteiger partial charge in [-0.3, -0.25) is 5.11 Å². The van der Waals surface area contributed by atoms with E-state index in [1.807, 2.05) is 36.4 Å². The highest BCUT2D eigenvalue weighted by atomic mass is 16.6. The molecule has 0 bridgehead atoms. The van der Waals surface area contributed by atoms with Crippen LogP contribution in [0.25, 0.3) is 11.1 Å². The van der Waals surface area contributed by atoms with Gasteiger partial charge in [-0.05, 0) is 40.5 Å². The molecule has 1 radical (unpaired) electrons. The van der Waals surface area contributed by atoms with E-state index in [0.29, 0.717) is 22.6 Å². The van der Waals surface area contributed by atoms with Crippen LogP contribution >= 0.6 is 0 Å². The van der Waals surface area contributed by atoms with E-state index in [2.05, 4.69) is 29.6 Å². The Morgan fingerprint density at radius 1 is 0.833 bits per heavy atom. The maximum absolute atomic E-state index is 13.1. The Bertz CT molecular complexity index is 1350. The smallest absolute Gasteiger partial charge is 0.408 e. The average molecular weight is 481 g/mol. The molecule has 1 amide bonds. The molecule has 0 spiro atoms. The molecule has 1 N–H and O–H groups in total. The fraction of sp³-hybridized carbons (Fsp3) is 0.167. The van der Waals surface area contributed by atoms with Crippen LogP contribution in [-0.2, 0) is 16.4 Å². The molecule has 4 aromatic rings. The average Bonchev–Trinajstić information content (AvgIpc) is 3.25. The topological polar surface area (TPSA) is 76.7 Å². The maximum atomic E-state index is 13.1. The molecule has 6 heteroatoms. The van der Waals surface area contributed by atoms with E-state index in [9.17, 15) is 9.90 Å². The van der Waals surface area contributed by atoms with Crippen molar-refractivity contribution in [2.75, 3.05) is 14.2 Å². The third-order valence-electron chi connectivity index (χ3n) is 6.56. The van der Waals surface area contributed by atoms with Gasteiger partial charge in [0.1, 0.15) is 17.6 Å². The number of nitrogens with one attached hydrogen (secondary N) is 1. The zero-order chi connectivity index (χ0) is 25.1. The molecule has 0 aromatic heterocycles. The van der Waals surface area contributed by atoms with Gasteiger partial charge in [-0.15, -0.1) is 0 Å². The van der Waals surface area contributed by atoms with E-state index in [1.54, 1.807) is 38.5 Å². The van der Waals surface area contributed by atoms with Gasteiger partial charge < -0.3 is 19.5 Å². The van der Waals surface area contributed by atoms with Gasteiger partial charge in [0.2, 0.25) is 0 Å². The van der Waals surface area contributed by atoms with Crippen molar-refractivity contribution in [2.45, 2.75) is 18.6 Å². The Morgan fingerprint density at radius 3 is 2.11 bits per heavy atom. The molecule has 1 aliphatic rings. The number of methoxy groups -OCH3 is 2. The van der Waals surface area contributed by atoms with Crippen LogP contribution in [0.15, 0.2) is 91.0 Å². The Kier molecular flexibility index (Phi) is 6.50. The number of hydrogen-bond donors (Lipinski definition) is 1. The third-order valence-corrected chi connectivity index (χ3v) is 6.56. The second-order valence-electron chi connectivity index (χ2n) is 8.55. The molecule has 181 valence electrons. The number of fused-ring (bicyclic) bond motifs is 3. The van der Waals surface area contributed by atoms with Crippen LogP contribution in [0.2, 0.25) is 0 Å². The number of para-hydroxylation sites is 1. The van der Waals surface area contributed by atoms with Crippen molar-refractivity contribution in [3.05, 3.63) is 113 Å². The van der Waals surface area contributed by atoms with Crippen LogP contribution in [0.5, 0.6) is 17.2 Å². The first-order valence-corrected chi connectivity index (χ1v) is 11.7. The molecule has 0 fully saturated rings. The lowest BCUT2D eigenvalue weighted by Crippen LogP contribution is -2.28. The zero-order valence-electron chi connectivity index (χ0n) is 20.1. The van der Waals surface area contributed by atoms with E-state index < -0.39 is 12.2 Å². The standard InChI is InChI=1S/C30H26NO5/c1-34-20-15-16-25(27(17-20)35-2)29(36-30(33)31-18-19-9-3-8-14-26(19)32)28-23-12-6-4-10-21(23)22-11-5-7-13-24(22)28/h3-17,28-29H,18H2,1-2H3,(H,31,33). The van der Waals surface area contributed by atoms with Gasteiger partial charge >= 0.3 is 6.09 Å². The molecular weight excluding hydrogens is 454 g/mol. The predicted octanol–water partition coefficient (Wildman–Crippen LogP) is 6.63. The minimum Gasteiger partial charge on any atom is -0.497 e. The number of benzene rings is 4. The molecule has 0 saturated heterocycles. The summed E-state index contributed by atoms with van der Waals surface area (Å²) in [7, 11) is 3.17. The fourth-order valence-corrected chi connectivity index (χ4v) is 4.86. The summed E-state index contributed by atoms with van der Waals surface area (Å²) in [5.41, 5.74) is 5.57. The van der Waals surface area contributed by atoms with E-state index >= 15 is 0 Å². The van der Waals surface area contributed by atoms with Gasteiger partial charge in [0.25, 0.3) is 0 Å². The number of alkyl carbamates (subject to hydrolysis) is 1. The van der Waals surface area contributed by atoms with Gasteiger partial charge in [-0.1, -0.05) is 66.7 Å². The van der Waals surface area contributed by atoms with Gasteiger partial charge in [0, 0.05) is 23.7 Å². The van der Waals surface area contributed by atoms with Crippen molar-refractivity contribution in [1.82, 2.24) is 5.32 Å². The van der Waals surface area contributed by atoms with Crippen molar-refractivity contribution in [3.63, 3.8) is 0 Å². The van der Waals surface area contributed by atoms with E-state index in [1.165, 1.54) is 6.07 Å². The Labute approximate surface area is 210 Å². The van der Waals surface area contributed by atoms with Gasteiger partial charge in [-0.25, -0.2) is 4.79 Å². The van der Waals surface area contributed by atoms with Crippen LogP contribution in [0.4, 0.5) is 4.79 Å². The molecule has 0 aliphatic heterocycles. The normalized spacial score (nSPS) is 12.8. The Morgan fingerprint density at radius 2 is 1.47 bits per heavy atom. The molecular formula is C30H26NO5. The number of amides is 1. The van der Waals surface area contributed by atoms with Crippen LogP contribution < -0.4 is 14.8 Å². The van der Waals surface area contributed by atoms with Gasteiger partial charge in [0.15, 0.2) is 5.75 Å². The fourth-order valence-electron chi connectivity index (χ4n) is 4.86. The Balaban J connectivity index is 1.55. The lowest BCUT2D eigenvalue weighted by molar-refractivity contribution is 0.0868. The highest BCUT2D eigenvalue weighted by Crippen LogP contribution is 2.52. The molecule has 1 atom stereocenters. The molecule has 0 saturated carbocycles. The molecule has 6 nitrogen and oxygen atoms in total. The Hall–Kier alpha value is -4.45. The number of hydrogen-bond acceptors (Lipinski definition) is 4. The van der Waals surface area contributed by atoms with Crippen molar-refractivity contribution in [1.29, 1.82) is 0 Å². The minimum absolute atomic E-state index is 0.0722. The number of rotatable bonds is 7. The summed E-state index contributed by atoms with van der Waals surface area (Å²) in [5.74, 6) is 0.805. The molecule has 4 aromatic carbocycles. The van der Waals surface area contributed by atoms with E-state index in [0.717, 1.165) is 22.3 Å². The maximum Gasteiger partial charge on any atom is 0.408 e. The lowest BCUT2D eigenvalue weighted by Gasteiger charge is -2.27. The summed E-state index contributed by atoms with van der Waals surface area (Å²) in [6, 6.07) is 28.4. The second-order valence-corrected chi connectivity index (χ2v) is 8.55. The number of carbonyl (C=O) groups is 1. The monoisotopic (exact) mass is 480 g/mol. The van der Waals surface area contributed by atoms with Crippen molar-refractivity contribution >= 4 is 6.09 Å². The third kappa shape index (κ3) is 4.33. The highest BCUT2D eigenvalue weighted by Gasteiger charge is 2.38. The van der Waals surface area contributed by atoms with Crippen LogP contribution in [0, 0.1) is 0 Å². The summed E-state index contributed by atoms with van der Waals surface area (Å²) in [6.07, 6.45) is -1.32. The summed E-state index contributed by atoms with van der Waals surface area (Å²) in [6.45, 7) is 0.0722. The predicted molar refractivity (Wildman–Crippen MR) is 136 cm³/mol. The first-order valence-electron chi connectivity index (χ1n) is 11.7. The van der Waals surface area contributed by atoms with Crippen molar-refractivity contribution in [3.8, 4) is 28.4 Å². The summed E-state index contributed by atoms with van der Waals surface area (Å²) >= 11 is 0. The van der Waals surface area contributed by atoms with E-state index in [-0.39, 0.29) is 18.2 Å². The molecule has 1 unspecified atom stereocenters. The summed E-state index contributed by atoms with van der Waals surface area (Å²) in [5, 5.41) is 14.8. The first-order chi connectivity index (χ1) is 17.6. The second kappa shape index (κ2) is 10.0. The molecule has 1 aliphatic carbocycles. The van der Waals surface area contributed by atoms with Crippen LogP contribution in [0.1, 0.15) is 34.3 Å².